The second-order valence-electron chi connectivity index (χ2n) is 6.56. The van der Waals surface area contributed by atoms with Crippen molar-refractivity contribution in [3.05, 3.63) is 60.2 Å². The zero-order valence-corrected chi connectivity index (χ0v) is 11.9. The lowest BCUT2D eigenvalue weighted by Crippen LogP contribution is -2.37. The number of rotatable bonds is 2. The van der Waals surface area contributed by atoms with Crippen molar-refractivity contribution in [3.8, 4) is 0 Å². The average Bonchev–Trinajstić information content (AvgIpc) is 2.61. The third-order valence-corrected chi connectivity index (χ3v) is 3.94. The van der Waals surface area contributed by atoms with Gasteiger partial charge in [-0.25, -0.2) is 0 Å². The molecule has 0 aromatic heterocycles. The minimum absolute atomic E-state index is 0.0837. The maximum atomic E-state index is 6.30. The normalized spacial score (nSPS) is 32.8. The van der Waals surface area contributed by atoms with Crippen molar-refractivity contribution in [3.63, 3.8) is 0 Å². The Hall–Kier alpha value is -1.34. The van der Waals surface area contributed by atoms with Gasteiger partial charge in [0.1, 0.15) is 0 Å². The first kappa shape index (κ1) is 12.7. The van der Waals surface area contributed by atoms with E-state index >= 15 is 0 Å². The van der Waals surface area contributed by atoms with E-state index in [9.17, 15) is 0 Å². The number of fused-ring (bicyclic) bond motifs is 2. The van der Waals surface area contributed by atoms with Gasteiger partial charge in [-0.3, -0.25) is 0 Å². The molecule has 2 bridgehead atoms. The molecule has 0 radical (unpaired) electrons. The van der Waals surface area contributed by atoms with Crippen LogP contribution in [0.2, 0.25) is 0 Å². The molecule has 0 saturated carbocycles. The van der Waals surface area contributed by atoms with Crippen LogP contribution in [0.4, 0.5) is 0 Å². The van der Waals surface area contributed by atoms with Crippen LogP contribution in [0.15, 0.2) is 54.6 Å². The number of hydrogen-bond acceptors (Lipinski definition) is 1. The molecule has 0 aliphatic heterocycles. The summed E-state index contributed by atoms with van der Waals surface area (Å²) in [6.45, 7) is 6.42. The largest absolute Gasteiger partial charge is 0.371 e. The second kappa shape index (κ2) is 4.64. The van der Waals surface area contributed by atoms with E-state index in [2.05, 4.69) is 75.4 Å². The van der Waals surface area contributed by atoms with Crippen molar-refractivity contribution in [2.45, 2.75) is 38.4 Å². The Morgan fingerprint density at radius 3 is 2.26 bits per heavy atom. The van der Waals surface area contributed by atoms with E-state index in [1.54, 1.807) is 0 Å². The summed E-state index contributed by atoms with van der Waals surface area (Å²) in [5.74, 6) is 1.37. The molecule has 1 aromatic rings. The monoisotopic (exact) mass is 254 g/mol. The van der Waals surface area contributed by atoms with Crippen molar-refractivity contribution in [1.29, 1.82) is 0 Å². The molecule has 0 amide bonds. The van der Waals surface area contributed by atoms with Crippen molar-refractivity contribution in [2.24, 2.45) is 11.8 Å². The van der Waals surface area contributed by atoms with Crippen molar-refractivity contribution >= 4 is 0 Å². The Morgan fingerprint density at radius 2 is 1.58 bits per heavy atom. The molecule has 1 heteroatoms. The molecule has 0 unspecified atom stereocenters. The van der Waals surface area contributed by atoms with E-state index in [1.165, 1.54) is 5.56 Å². The molecular formula is C18H22O. The molecule has 0 N–H and O–H groups in total. The third kappa shape index (κ3) is 2.52. The van der Waals surface area contributed by atoms with Crippen molar-refractivity contribution < 1.29 is 4.74 Å². The lowest BCUT2D eigenvalue weighted by molar-refractivity contribution is -0.0870. The molecule has 0 fully saturated rings. The van der Waals surface area contributed by atoms with Gasteiger partial charge in [-0.2, -0.15) is 0 Å². The summed E-state index contributed by atoms with van der Waals surface area (Å²) in [4.78, 5) is 0. The molecule has 1 aromatic carbocycles. The molecule has 2 aliphatic rings. The minimum atomic E-state index is -0.0837. The van der Waals surface area contributed by atoms with Crippen LogP contribution in [-0.4, -0.2) is 11.7 Å². The first-order valence-corrected chi connectivity index (χ1v) is 7.14. The van der Waals surface area contributed by atoms with E-state index in [1.807, 2.05) is 0 Å². The highest BCUT2D eigenvalue weighted by Gasteiger charge is 2.40. The van der Waals surface area contributed by atoms with Crippen molar-refractivity contribution in [1.82, 2.24) is 0 Å². The van der Waals surface area contributed by atoms with E-state index in [4.69, 9.17) is 4.74 Å². The van der Waals surface area contributed by atoms with E-state index in [-0.39, 0.29) is 11.7 Å². The zero-order valence-electron chi connectivity index (χ0n) is 11.9. The zero-order chi connectivity index (χ0) is 13.5. The molecule has 1 nitrogen and oxygen atoms in total. The molecule has 4 atom stereocenters. The highest BCUT2D eigenvalue weighted by Crippen LogP contribution is 2.44. The minimum Gasteiger partial charge on any atom is -0.371 e. The van der Waals surface area contributed by atoms with E-state index in [0.717, 1.165) is 0 Å². The predicted molar refractivity (Wildman–Crippen MR) is 79.1 cm³/mol. The Morgan fingerprint density at radius 1 is 0.895 bits per heavy atom. The number of hydrogen-bond donors (Lipinski definition) is 0. The Kier molecular flexibility index (Phi) is 3.10. The Labute approximate surface area is 116 Å². The fourth-order valence-electron chi connectivity index (χ4n) is 3.18. The van der Waals surface area contributed by atoms with Crippen LogP contribution in [0, 0.1) is 11.8 Å². The van der Waals surface area contributed by atoms with Gasteiger partial charge < -0.3 is 4.74 Å². The van der Waals surface area contributed by atoms with Gasteiger partial charge in [0.15, 0.2) is 0 Å². The first-order valence-electron chi connectivity index (χ1n) is 7.14. The van der Waals surface area contributed by atoms with Gasteiger partial charge >= 0.3 is 0 Å². The summed E-state index contributed by atoms with van der Waals surface area (Å²) < 4.78 is 6.30. The second-order valence-corrected chi connectivity index (χ2v) is 6.56. The lowest BCUT2D eigenvalue weighted by Gasteiger charge is -2.37. The molecule has 19 heavy (non-hydrogen) atoms. The Balaban J connectivity index is 1.88. The number of ether oxygens (including phenoxy) is 1. The highest BCUT2D eigenvalue weighted by atomic mass is 16.5. The maximum Gasteiger partial charge on any atom is 0.0750 e. The third-order valence-electron chi connectivity index (χ3n) is 3.94. The summed E-state index contributed by atoms with van der Waals surface area (Å²) in [6.07, 6.45) is 9.61. The number of benzene rings is 1. The predicted octanol–water partition coefficient (Wildman–Crippen LogP) is 4.33. The SMILES string of the molecule is CC(C)(C)O[C@@H]1[C@H]2C=C[C@@H]1[C@H](c1ccccc1)C=C2. The van der Waals surface area contributed by atoms with Gasteiger partial charge in [0, 0.05) is 17.8 Å². The summed E-state index contributed by atoms with van der Waals surface area (Å²) in [5.41, 5.74) is 1.30. The molecular weight excluding hydrogens is 232 g/mol. The summed E-state index contributed by atoms with van der Waals surface area (Å²) in [6, 6.07) is 10.7. The van der Waals surface area contributed by atoms with Crippen LogP contribution < -0.4 is 0 Å². The molecule has 0 spiro atoms. The van der Waals surface area contributed by atoms with Crippen LogP contribution in [0.25, 0.3) is 0 Å². The van der Waals surface area contributed by atoms with Crippen LogP contribution in [-0.2, 0) is 4.74 Å². The van der Waals surface area contributed by atoms with Gasteiger partial charge in [-0.15, -0.1) is 0 Å². The van der Waals surface area contributed by atoms with E-state index < -0.39 is 0 Å². The molecule has 2 aliphatic carbocycles. The van der Waals surface area contributed by atoms with Gasteiger partial charge in [0.2, 0.25) is 0 Å². The topological polar surface area (TPSA) is 9.23 Å². The molecule has 0 saturated heterocycles. The maximum absolute atomic E-state index is 6.30. The number of allylic oxidation sites excluding steroid dienone is 1. The lowest BCUT2D eigenvalue weighted by atomic mass is 9.78. The highest BCUT2D eigenvalue weighted by molar-refractivity contribution is 5.34. The summed E-state index contributed by atoms with van der Waals surface area (Å²) in [5, 5.41) is 0. The summed E-state index contributed by atoms with van der Waals surface area (Å²) in [7, 11) is 0. The molecule has 3 rings (SSSR count). The van der Waals surface area contributed by atoms with Crippen molar-refractivity contribution in [2.75, 3.05) is 0 Å². The average molecular weight is 254 g/mol. The van der Waals surface area contributed by atoms with Crippen LogP contribution in [0.5, 0.6) is 0 Å². The van der Waals surface area contributed by atoms with E-state index in [0.29, 0.717) is 17.8 Å². The standard InChI is InChI=1S/C18H22O/c1-18(2,3)19-17-14-9-11-15(16(17)12-10-14)13-7-5-4-6-8-13/h4-12,14-17H,1-3H3/t14-,15+,16-,17-/m1/s1. The van der Waals surface area contributed by atoms with Gasteiger partial charge in [0.05, 0.1) is 11.7 Å². The quantitative estimate of drug-likeness (QED) is 0.714. The van der Waals surface area contributed by atoms with Crippen LogP contribution >= 0.6 is 0 Å². The summed E-state index contributed by atoms with van der Waals surface area (Å²) >= 11 is 0. The molecule has 0 heterocycles. The first-order chi connectivity index (χ1) is 9.04. The smallest absolute Gasteiger partial charge is 0.0750 e. The fourth-order valence-corrected chi connectivity index (χ4v) is 3.18. The fraction of sp³-hybridized carbons (Fsp3) is 0.444. The van der Waals surface area contributed by atoms with Gasteiger partial charge in [-0.05, 0) is 26.3 Å². The van der Waals surface area contributed by atoms with Crippen LogP contribution in [0.1, 0.15) is 32.3 Å². The van der Waals surface area contributed by atoms with Crippen LogP contribution in [0.3, 0.4) is 0 Å². The molecule has 100 valence electrons. The van der Waals surface area contributed by atoms with Gasteiger partial charge in [-0.1, -0.05) is 54.6 Å². The van der Waals surface area contributed by atoms with Gasteiger partial charge in [0.25, 0.3) is 0 Å². The Bertz CT molecular complexity index is 492.